The molecule has 3 rings (SSSR count). The van der Waals surface area contributed by atoms with Crippen molar-refractivity contribution in [2.75, 3.05) is 25.6 Å². The maximum absolute atomic E-state index is 11.8. The SMILES string of the molecule is CNC(=O)Nc1cc(Oc2ccc(=O)n(C)c2C)c(C2=CCCOC2)cn1. The zero-order valence-corrected chi connectivity index (χ0v) is 15.5. The summed E-state index contributed by atoms with van der Waals surface area (Å²) >= 11 is 0. The molecule has 0 bridgehead atoms. The van der Waals surface area contributed by atoms with E-state index in [4.69, 9.17) is 9.47 Å². The molecule has 0 saturated heterocycles. The number of anilines is 1. The molecule has 2 aromatic rings. The highest BCUT2D eigenvalue weighted by molar-refractivity contribution is 5.88. The zero-order valence-electron chi connectivity index (χ0n) is 15.5. The molecule has 2 aromatic heterocycles. The van der Waals surface area contributed by atoms with E-state index in [-0.39, 0.29) is 11.6 Å². The van der Waals surface area contributed by atoms with Crippen LogP contribution in [-0.2, 0) is 11.8 Å². The first-order chi connectivity index (χ1) is 13.0. The van der Waals surface area contributed by atoms with E-state index in [2.05, 4.69) is 21.7 Å². The van der Waals surface area contributed by atoms with Crippen molar-refractivity contribution in [1.29, 1.82) is 0 Å². The number of urea groups is 1. The summed E-state index contributed by atoms with van der Waals surface area (Å²) in [6.45, 7) is 2.96. The predicted molar refractivity (Wildman–Crippen MR) is 102 cm³/mol. The monoisotopic (exact) mass is 370 g/mol. The van der Waals surface area contributed by atoms with Gasteiger partial charge in [0.2, 0.25) is 0 Å². The summed E-state index contributed by atoms with van der Waals surface area (Å²) in [5.74, 6) is 1.43. The number of ether oxygens (including phenoxy) is 2. The van der Waals surface area contributed by atoms with Gasteiger partial charge in [-0.3, -0.25) is 10.1 Å². The normalized spacial score (nSPS) is 13.7. The second kappa shape index (κ2) is 8.05. The van der Waals surface area contributed by atoms with Crippen LogP contribution in [0.3, 0.4) is 0 Å². The largest absolute Gasteiger partial charge is 0.455 e. The Bertz CT molecular complexity index is 949. The van der Waals surface area contributed by atoms with E-state index in [0.29, 0.717) is 36.2 Å². The van der Waals surface area contributed by atoms with Gasteiger partial charge in [0.05, 0.1) is 18.9 Å². The van der Waals surface area contributed by atoms with Crippen LogP contribution in [0.2, 0.25) is 0 Å². The number of rotatable bonds is 4. The third-order valence-electron chi connectivity index (χ3n) is 4.38. The fourth-order valence-corrected chi connectivity index (χ4v) is 2.69. The molecule has 0 unspecified atom stereocenters. The fraction of sp³-hybridized carbons (Fsp3) is 0.316. The van der Waals surface area contributed by atoms with Gasteiger partial charge in [0, 0.05) is 38.0 Å². The Balaban J connectivity index is 2.02. The van der Waals surface area contributed by atoms with E-state index in [1.165, 1.54) is 17.7 Å². The van der Waals surface area contributed by atoms with Crippen LogP contribution in [0.15, 0.2) is 35.3 Å². The van der Waals surface area contributed by atoms with Crippen molar-refractivity contribution in [3.05, 3.63) is 52.1 Å². The van der Waals surface area contributed by atoms with E-state index in [1.807, 2.05) is 6.92 Å². The lowest BCUT2D eigenvalue weighted by Gasteiger charge is -2.19. The van der Waals surface area contributed by atoms with Crippen molar-refractivity contribution >= 4 is 17.4 Å². The molecule has 0 radical (unpaired) electrons. The number of pyridine rings is 2. The molecule has 3 heterocycles. The lowest BCUT2D eigenvalue weighted by atomic mass is 10.1. The molecular formula is C19H22N4O4. The molecule has 0 atom stereocenters. The lowest BCUT2D eigenvalue weighted by molar-refractivity contribution is 0.164. The van der Waals surface area contributed by atoms with Gasteiger partial charge in [0.15, 0.2) is 0 Å². The quantitative estimate of drug-likeness (QED) is 0.862. The average molecular weight is 370 g/mol. The number of carbonyl (C=O) groups is 1. The van der Waals surface area contributed by atoms with Crippen LogP contribution in [0.4, 0.5) is 10.6 Å². The van der Waals surface area contributed by atoms with Crippen LogP contribution in [0, 0.1) is 6.92 Å². The third-order valence-corrected chi connectivity index (χ3v) is 4.38. The summed E-state index contributed by atoms with van der Waals surface area (Å²) in [6, 6.07) is 4.37. The number of amides is 2. The Labute approximate surface area is 156 Å². The minimum atomic E-state index is -0.375. The molecule has 2 N–H and O–H groups in total. The number of aromatic nitrogens is 2. The average Bonchev–Trinajstić information content (AvgIpc) is 2.69. The van der Waals surface area contributed by atoms with Gasteiger partial charge in [-0.25, -0.2) is 9.78 Å². The highest BCUT2D eigenvalue weighted by Crippen LogP contribution is 2.33. The van der Waals surface area contributed by atoms with Gasteiger partial charge in [-0.2, -0.15) is 0 Å². The Hall–Kier alpha value is -3.13. The van der Waals surface area contributed by atoms with E-state index in [1.54, 1.807) is 25.4 Å². The summed E-state index contributed by atoms with van der Waals surface area (Å²) in [5.41, 5.74) is 2.34. The first-order valence-corrected chi connectivity index (χ1v) is 8.60. The highest BCUT2D eigenvalue weighted by atomic mass is 16.5. The van der Waals surface area contributed by atoms with Crippen molar-refractivity contribution in [1.82, 2.24) is 14.9 Å². The summed E-state index contributed by atoms with van der Waals surface area (Å²) in [7, 11) is 3.22. The minimum Gasteiger partial charge on any atom is -0.455 e. The molecule has 2 amide bonds. The fourth-order valence-electron chi connectivity index (χ4n) is 2.69. The van der Waals surface area contributed by atoms with Gasteiger partial charge in [-0.1, -0.05) is 6.08 Å². The molecule has 0 aromatic carbocycles. The number of nitrogens with zero attached hydrogens (tertiary/aromatic N) is 2. The summed E-state index contributed by atoms with van der Waals surface area (Å²) in [5, 5.41) is 5.12. The number of hydrogen-bond donors (Lipinski definition) is 2. The first-order valence-electron chi connectivity index (χ1n) is 8.60. The van der Waals surface area contributed by atoms with Crippen LogP contribution in [0.25, 0.3) is 5.57 Å². The van der Waals surface area contributed by atoms with Gasteiger partial charge in [0.1, 0.15) is 17.3 Å². The lowest BCUT2D eigenvalue weighted by Crippen LogP contribution is -2.25. The number of hydrogen-bond acceptors (Lipinski definition) is 5. The molecule has 0 saturated carbocycles. The number of carbonyl (C=O) groups excluding carboxylic acids is 1. The van der Waals surface area contributed by atoms with Crippen molar-refractivity contribution in [2.24, 2.45) is 7.05 Å². The van der Waals surface area contributed by atoms with Gasteiger partial charge in [-0.15, -0.1) is 0 Å². The molecule has 1 aliphatic heterocycles. The summed E-state index contributed by atoms with van der Waals surface area (Å²) in [4.78, 5) is 27.7. The molecule has 8 heteroatoms. The van der Waals surface area contributed by atoms with Gasteiger partial charge in [0.25, 0.3) is 5.56 Å². The van der Waals surface area contributed by atoms with Gasteiger partial charge >= 0.3 is 6.03 Å². The first kappa shape index (κ1) is 18.7. The molecule has 0 fully saturated rings. The van der Waals surface area contributed by atoms with Crippen molar-refractivity contribution < 1.29 is 14.3 Å². The predicted octanol–water partition coefficient (Wildman–Crippen LogP) is 2.44. The second-order valence-corrected chi connectivity index (χ2v) is 6.12. The van der Waals surface area contributed by atoms with E-state index in [9.17, 15) is 9.59 Å². The summed E-state index contributed by atoms with van der Waals surface area (Å²) in [6.07, 6.45) is 4.55. The maximum Gasteiger partial charge on any atom is 0.320 e. The highest BCUT2D eigenvalue weighted by Gasteiger charge is 2.16. The Morgan fingerprint density at radius 1 is 1.33 bits per heavy atom. The van der Waals surface area contributed by atoms with E-state index < -0.39 is 0 Å². The van der Waals surface area contributed by atoms with E-state index >= 15 is 0 Å². The van der Waals surface area contributed by atoms with Crippen LogP contribution in [-0.4, -0.2) is 35.8 Å². The van der Waals surface area contributed by atoms with Crippen LogP contribution in [0.5, 0.6) is 11.5 Å². The third kappa shape index (κ3) is 4.17. The molecule has 1 aliphatic rings. The Morgan fingerprint density at radius 3 is 2.85 bits per heavy atom. The van der Waals surface area contributed by atoms with Gasteiger partial charge < -0.3 is 19.4 Å². The smallest absolute Gasteiger partial charge is 0.320 e. The zero-order chi connectivity index (χ0) is 19.4. The van der Waals surface area contributed by atoms with Crippen LogP contribution in [0.1, 0.15) is 17.7 Å². The van der Waals surface area contributed by atoms with Crippen LogP contribution >= 0.6 is 0 Å². The molecule has 0 aliphatic carbocycles. The van der Waals surface area contributed by atoms with Crippen molar-refractivity contribution in [3.63, 3.8) is 0 Å². The van der Waals surface area contributed by atoms with Crippen molar-refractivity contribution in [2.45, 2.75) is 13.3 Å². The Kier molecular flexibility index (Phi) is 5.56. The second-order valence-electron chi connectivity index (χ2n) is 6.12. The topological polar surface area (TPSA) is 94.5 Å². The van der Waals surface area contributed by atoms with Gasteiger partial charge in [-0.05, 0) is 25.0 Å². The maximum atomic E-state index is 11.8. The molecule has 27 heavy (non-hydrogen) atoms. The molecule has 142 valence electrons. The standard InChI is InChI=1S/C19H22N4O4/c1-12-15(6-7-18(24)23(12)3)27-16-9-17(22-19(25)20-2)21-10-14(16)13-5-4-8-26-11-13/h5-7,9-10H,4,8,11H2,1-3H3,(H2,20,21,22,25). The molecule has 8 nitrogen and oxygen atoms in total. The number of nitrogens with one attached hydrogen (secondary N) is 2. The molecular weight excluding hydrogens is 348 g/mol. The van der Waals surface area contributed by atoms with E-state index in [0.717, 1.165) is 17.6 Å². The summed E-state index contributed by atoms with van der Waals surface area (Å²) < 4.78 is 13.2. The Morgan fingerprint density at radius 2 is 2.15 bits per heavy atom. The minimum absolute atomic E-state index is 0.111. The van der Waals surface area contributed by atoms with Crippen LogP contribution < -0.4 is 20.9 Å². The molecule has 0 spiro atoms. The van der Waals surface area contributed by atoms with Crippen molar-refractivity contribution in [3.8, 4) is 11.5 Å².